The van der Waals surface area contributed by atoms with Crippen molar-refractivity contribution in [1.82, 2.24) is 20.4 Å². The van der Waals surface area contributed by atoms with Crippen molar-refractivity contribution in [3.63, 3.8) is 0 Å². The monoisotopic (exact) mass is 550 g/mol. The fourth-order valence-electron chi connectivity index (χ4n) is 4.45. The van der Waals surface area contributed by atoms with Crippen LogP contribution in [0.4, 0.5) is 11.4 Å². The molecule has 0 aliphatic heterocycles. The van der Waals surface area contributed by atoms with Gasteiger partial charge in [-0.25, -0.2) is 0 Å². The Morgan fingerprint density at radius 3 is 1.38 bits per heavy atom. The molecule has 0 heterocycles. The Morgan fingerprint density at radius 2 is 1.00 bits per heavy atom. The Morgan fingerprint density at radius 1 is 0.600 bits per heavy atom. The summed E-state index contributed by atoms with van der Waals surface area (Å²) in [7, 11) is 8.09. The summed E-state index contributed by atoms with van der Waals surface area (Å²) in [4.78, 5) is 55.5. The third-order valence-corrected chi connectivity index (χ3v) is 6.56. The lowest BCUT2D eigenvalue weighted by atomic mass is 9.83. The van der Waals surface area contributed by atoms with Crippen molar-refractivity contribution in [1.29, 1.82) is 0 Å². The maximum atomic E-state index is 13.2. The number of fused-ring (bicyclic) bond motifs is 2. The van der Waals surface area contributed by atoms with E-state index in [2.05, 4.69) is 31.1 Å². The highest BCUT2D eigenvalue weighted by Crippen LogP contribution is 2.31. The smallest absolute Gasteiger partial charge is 0.225 e. The number of carbonyl (C=O) groups excluding carboxylic acids is 4. The van der Waals surface area contributed by atoms with E-state index in [0.717, 1.165) is 39.0 Å². The van der Waals surface area contributed by atoms with Crippen LogP contribution in [0.1, 0.15) is 57.5 Å². The number of nitrogens with one attached hydrogen (secondary N) is 4. The van der Waals surface area contributed by atoms with Crippen LogP contribution in [-0.4, -0.2) is 101 Å². The molecule has 0 aromatic heterocycles. The number of carbonyl (C=O) groups is 4. The molecular weight excluding hydrogens is 508 g/mol. The van der Waals surface area contributed by atoms with Crippen molar-refractivity contribution in [3.05, 3.63) is 58.7 Å². The van der Waals surface area contributed by atoms with Gasteiger partial charge in [-0.05, 0) is 104 Å². The average Bonchev–Trinajstić information content (AvgIpc) is 2.90. The second kappa shape index (κ2) is 15.4. The summed E-state index contributed by atoms with van der Waals surface area (Å²) in [6.45, 7) is 4.74. The molecule has 2 aromatic rings. The fraction of sp³-hybridized carbons (Fsp3) is 0.467. The Balaban J connectivity index is 1.54. The normalized spacial score (nSPS) is 12.4. The minimum Gasteiger partial charge on any atom is -0.326 e. The van der Waals surface area contributed by atoms with Gasteiger partial charge in [-0.3, -0.25) is 19.2 Å². The van der Waals surface area contributed by atoms with Crippen LogP contribution in [0, 0.1) is 0 Å². The molecule has 0 unspecified atom stereocenters. The van der Waals surface area contributed by atoms with Crippen LogP contribution < -0.4 is 21.3 Å². The molecule has 0 saturated carbocycles. The maximum Gasteiger partial charge on any atom is 0.225 e. The topological polar surface area (TPSA) is 123 Å². The molecule has 2 amide bonds. The van der Waals surface area contributed by atoms with Crippen molar-refractivity contribution < 1.29 is 19.2 Å². The highest BCUT2D eigenvalue weighted by Gasteiger charge is 2.30. The van der Waals surface area contributed by atoms with E-state index in [4.69, 9.17) is 0 Å². The number of hydrogen-bond acceptors (Lipinski definition) is 8. The molecule has 3 rings (SSSR count). The third kappa shape index (κ3) is 9.34. The molecule has 216 valence electrons. The van der Waals surface area contributed by atoms with E-state index < -0.39 is 0 Å². The first-order valence-electron chi connectivity index (χ1n) is 13.8. The largest absolute Gasteiger partial charge is 0.326 e. The van der Waals surface area contributed by atoms with Crippen LogP contribution in [0.3, 0.4) is 0 Å². The Labute approximate surface area is 236 Å². The van der Waals surface area contributed by atoms with Crippen molar-refractivity contribution in [2.45, 2.75) is 25.7 Å². The lowest BCUT2D eigenvalue weighted by Crippen LogP contribution is -2.26. The summed E-state index contributed by atoms with van der Waals surface area (Å²) in [5.74, 6) is -0.912. The number of nitrogens with zero attached hydrogens (tertiary/aromatic N) is 2. The van der Waals surface area contributed by atoms with Gasteiger partial charge in [-0.1, -0.05) is 0 Å². The van der Waals surface area contributed by atoms with Crippen LogP contribution in [0.15, 0.2) is 36.4 Å². The van der Waals surface area contributed by atoms with Crippen LogP contribution in [0.25, 0.3) is 0 Å². The molecule has 0 spiro atoms. The van der Waals surface area contributed by atoms with E-state index in [-0.39, 0.29) is 45.6 Å². The van der Waals surface area contributed by atoms with Crippen LogP contribution in [0.5, 0.6) is 0 Å². The zero-order chi connectivity index (χ0) is 29.1. The number of hydrogen-bond donors (Lipinski definition) is 4. The van der Waals surface area contributed by atoms with Gasteiger partial charge in [-0.2, -0.15) is 0 Å². The molecule has 2 aromatic carbocycles. The number of ketones is 2. The zero-order valence-corrected chi connectivity index (χ0v) is 24.1. The fourth-order valence-corrected chi connectivity index (χ4v) is 4.45. The standard InChI is InChI=1S/C30H42N6O4/c1-35(2)17-5-13-31-15-11-27(37)33-21-7-9-23-25(19-21)29(39)24-10-8-22(20-26(24)30(23)40)34-28(38)12-16-32-14-6-18-36(3)4/h7-10,19-20,31-32H,5-6,11-18H2,1-4H3,(H,33,37)(H,34,38). The maximum absolute atomic E-state index is 13.2. The first kappa shape index (κ1) is 31.1. The molecule has 0 saturated heterocycles. The van der Waals surface area contributed by atoms with Gasteiger partial charge in [0.05, 0.1) is 0 Å². The first-order valence-corrected chi connectivity index (χ1v) is 13.8. The van der Waals surface area contributed by atoms with Gasteiger partial charge in [0, 0.05) is 59.6 Å². The summed E-state index contributed by atoms with van der Waals surface area (Å²) in [5, 5.41) is 12.1. The number of benzene rings is 2. The summed E-state index contributed by atoms with van der Waals surface area (Å²) < 4.78 is 0. The molecule has 40 heavy (non-hydrogen) atoms. The molecule has 1 aliphatic rings. The SMILES string of the molecule is CN(C)CCCNCCC(=O)Nc1ccc2c(c1)C(=O)c1ccc(NC(=O)CCNCCCN(C)C)cc1C2=O. The Hall–Kier alpha value is -3.44. The molecule has 0 fully saturated rings. The number of rotatable bonds is 16. The lowest BCUT2D eigenvalue weighted by molar-refractivity contribution is -0.116. The quantitative estimate of drug-likeness (QED) is 0.200. The summed E-state index contributed by atoms with van der Waals surface area (Å²) in [6, 6.07) is 9.52. The minimum atomic E-state index is -0.289. The summed E-state index contributed by atoms with van der Waals surface area (Å²) >= 11 is 0. The van der Waals surface area contributed by atoms with E-state index >= 15 is 0 Å². The van der Waals surface area contributed by atoms with Gasteiger partial charge < -0.3 is 31.1 Å². The van der Waals surface area contributed by atoms with Crippen LogP contribution >= 0.6 is 0 Å². The van der Waals surface area contributed by atoms with E-state index in [1.165, 1.54) is 0 Å². The Bertz CT molecular complexity index is 1120. The number of anilines is 2. The van der Waals surface area contributed by atoms with E-state index in [1.807, 2.05) is 28.2 Å². The third-order valence-electron chi connectivity index (χ3n) is 6.56. The van der Waals surface area contributed by atoms with Gasteiger partial charge in [0.25, 0.3) is 0 Å². The first-order chi connectivity index (χ1) is 19.2. The predicted molar refractivity (Wildman–Crippen MR) is 158 cm³/mol. The van der Waals surface area contributed by atoms with E-state index in [0.29, 0.717) is 37.3 Å². The van der Waals surface area contributed by atoms with Gasteiger partial charge in [0.1, 0.15) is 0 Å². The van der Waals surface area contributed by atoms with Crippen LogP contribution in [0.2, 0.25) is 0 Å². The Kier molecular flexibility index (Phi) is 12.0. The van der Waals surface area contributed by atoms with E-state index in [1.54, 1.807) is 36.4 Å². The average molecular weight is 551 g/mol. The molecule has 10 nitrogen and oxygen atoms in total. The second-order valence-corrected chi connectivity index (χ2v) is 10.6. The predicted octanol–water partition coefficient (Wildman–Crippen LogP) is 2.20. The molecular formula is C30H42N6O4. The molecule has 0 bridgehead atoms. The van der Waals surface area contributed by atoms with Crippen molar-refractivity contribution in [3.8, 4) is 0 Å². The van der Waals surface area contributed by atoms with Gasteiger partial charge >= 0.3 is 0 Å². The number of amides is 2. The van der Waals surface area contributed by atoms with Gasteiger partial charge in [-0.15, -0.1) is 0 Å². The zero-order valence-electron chi connectivity index (χ0n) is 24.1. The van der Waals surface area contributed by atoms with E-state index in [9.17, 15) is 19.2 Å². The molecule has 0 radical (unpaired) electrons. The second-order valence-electron chi connectivity index (χ2n) is 10.6. The van der Waals surface area contributed by atoms with Crippen LogP contribution in [-0.2, 0) is 9.59 Å². The molecule has 10 heteroatoms. The summed E-state index contributed by atoms with van der Waals surface area (Å²) in [6.07, 6.45) is 2.60. The highest BCUT2D eigenvalue weighted by molar-refractivity contribution is 6.29. The minimum absolute atomic E-state index is 0.167. The summed E-state index contributed by atoms with van der Waals surface area (Å²) in [5.41, 5.74) is 2.02. The highest BCUT2D eigenvalue weighted by atomic mass is 16.2. The van der Waals surface area contributed by atoms with Crippen molar-refractivity contribution >= 4 is 34.8 Å². The molecule has 1 aliphatic carbocycles. The van der Waals surface area contributed by atoms with Crippen molar-refractivity contribution in [2.24, 2.45) is 0 Å². The molecule has 0 atom stereocenters. The van der Waals surface area contributed by atoms with Crippen molar-refractivity contribution in [2.75, 3.05) is 78.1 Å². The van der Waals surface area contributed by atoms with Gasteiger partial charge in [0.15, 0.2) is 11.6 Å². The van der Waals surface area contributed by atoms with Gasteiger partial charge in [0.2, 0.25) is 11.8 Å². The molecule has 4 N–H and O–H groups in total. The lowest BCUT2D eigenvalue weighted by Gasteiger charge is -2.19.